The first-order valence-electron chi connectivity index (χ1n) is 8.46. The van der Waals surface area contributed by atoms with Gasteiger partial charge in [-0.05, 0) is 24.3 Å². The van der Waals surface area contributed by atoms with Crippen LogP contribution in [-0.2, 0) is 4.79 Å². The van der Waals surface area contributed by atoms with Crippen LogP contribution in [0.3, 0.4) is 0 Å². The zero-order chi connectivity index (χ0) is 19.0. The van der Waals surface area contributed by atoms with E-state index in [2.05, 4.69) is 10.4 Å². The second-order valence-corrected chi connectivity index (χ2v) is 6.69. The van der Waals surface area contributed by atoms with Gasteiger partial charge in [0.25, 0.3) is 0 Å². The van der Waals surface area contributed by atoms with Crippen LogP contribution in [0, 0.1) is 0 Å². The van der Waals surface area contributed by atoms with E-state index >= 15 is 0 Å². The van der Waals surface area contributed by atoms with Crippen molar-refractivity contribution in [1.29, 1.82) is 0 Å². The first kappa shape index (κ1) is 17.4. The molecular formula is C20H18ClN3O3. The monoisotopic (exact) mass is 383 g/mol. The lowest BCUT2D eigenvalue weighted by molar-refractivity contribution is -0.116. The molecule has 0 bridgehead atoms. The van der Waals surface area contributed by atoms with Crippen LogP contribution >= 0.6 is 11.6 Å². The van der Waals surface area contributed by atoms with Gasteiger partial charge in [-0.25, -0.2) is 4.68 Å². The molecule has 0 saturated carbocycles. The Bertz CT molecular complexity index is 1020. The minimum Gasteiger partial charge on any atom is -0.497 e. The van der Waals surface area contributed by atoms with E-state index in [0.717, 1.165) is 16.8 Å². The molecule has 6 nitrogen and oxygen atoms in total. The average Bonchev–Trinajstić information content (AvgIpc) is 3.10. The van der Waals surface area contributed by atoms with Gasteiger partial charge in [-0.2, -0.15) is 5.10 Å². The van der Waals surface area contributed by atoms with Gasteiger partial charge in [-0.1, -0.05) is 23.7 Å². The number of fused-ring (bicyclic) bond motifs is 1. The molecule has 2 heterocycles. The molecule has 1 aliphatic rings. The lowest BCUT2D eigenvalue weighted by atomic mass is 9.86. The minimum atomic E-state index is -0.164. The summed E-state index contributed by atoms with van der Waals surface area (Å²) in [6.45, 7) is 0. The molecule has 2 aromatic carbocycles. The maximum atomic E-state index is 12.4. The molecule has 0 fully saturated rings. The number of carbonyl (C=O) groups is 1. The van der Waals surface area contributed by atoms with E-state index in [1.54, 1.807) is 37.2 Å². The van der Waals surface area contributed by atoms with Crippen molar-refractivity contribution < 1.29 is 14.3 Å². The number of ether oxygens (including phenoxy) is 2. The van der Waals surface area contributed by atoms with E-state index in [4.69, 9.17) is 21.1 Å². The molecule has 7 heteroatoms. The van der Waals surface area contributed by atoms with E-state index in [-0.39, 0.29) is 11.8 Å². The zero-order valence-electron chi connectivity index (χ0n) is 14.9. The predicted molar refractivity (Wildman–Crippen MR) is 103 cm³/mol. The number of amides is 1. The van der Waals surface area contributed by atoms with Gasteiger partial charge < -0.3 is 14.8 Å². The van der Waals surface area contributed by atoms with Crippen LogP contribution in [0.15, 0.2) is 48.7 Å². The number of rotatable bonds is 4. The molecule has 1 aliphatic heterocycles. The van der Waals surface area contributed by atoms with Crippen LogP contribution in [0.5, 0.6) is 11.5 Å². The topological polar surface area (TPSA) is 65.4 Å². The van der Waals surface area contributed by atoms with Gasteiger partial charge in [-0.15, -0.1) is 0 Å². The van der Waals surface area contributed by atoms with Crippen molar-refractivity contribution in [3.05, 3.63) is 64.8 Å². The van der Waals surface area contributed by atoms with Gasteiger partial charge in [0.05, 0.1) is 26.1 Å². The third kappa shape index (κ3) is 3.13. The van der Waals surface area contributed by atoms with Crippen molar-refractivity contribution in [2.24, 2.45) is 0 Å². The Labute approximate surface area is 161 Å². The third-order valence-corrected chi connectivity index (χ3v) is 4.92. The second kappa shape index (κ2) is 6.96. The number of hydrogen-bond donors (Lipinski definition) is 1. The van der Waals surface area contributed by atoms with E-state index in [1.165, 1.54) is 0 Å². The van der Waals surface area contributed by atoms with Crippen LogP contribution in [0.1, 0.15) is 23.5 Å². The van der Waals surface area contributed by atoms with Crippen LogP contribution in [-0.4, -0.2) is 29.9 Å². The lowest BCUT2D eigenvalue weighted by Crippen LogP contribution is -2.24. The number of anilines is 1. The molecule has 4 rings (SSSR count). The summed E-state index contributed by atoms with van der Waals surface area (Å²) in [4.78, 5) is 12.4. The van der Waals surface area contributed by atoms with Crippen molar-refractivity contribution in [3.8, 4) is 17.2 Å². The van der Waals surface area contributed by atoms with Gasteiger partial charge in [0.15, 0.2) is 0 Å². The standard InChI is InChI=1S/C20H18ClN3O3/c1-26-14-6-7-15(18(9-14)27-2)16-10-19(25)23-20-17(16)11-22-24(20)13-5-3-4-12(21)8-13/h3-9,11,16H,10H2,1-2H3,(H,23,25)/t16-/m1/s1. The summed E-state index contributed by atoms with van der Waals surface area (Å²) < 4.78 is 12.5. The maximum absolute atomic E-state index is 12.4. The summed E-state index contributed by atoms with van der Waals surface area (Å²) in [5.41, 5.74) is 2.63. The molecule has 0 saturated heterocycles. The molecule has 1 N–H and O–H groups in total. The highest BCUT2D eigenvalue weighted by Gasteiger charge is 2.32. The predicted octanol–water partition coefficient (Wildman–Crippen LogP) is 4.02. The lowest BCUT2D eigenvalue weighted by Gasteiger charge is -2.25. The van der Waals surface area contributed by atoms with Gasteiger partial charge in [0.1, 0.15) is 17.3 Å². The molecule has 3 aromatic rings. The Kier molecular flexibility index (Phi) is 4.49. The van der Waals surface area contributed by atoms with Crippen molar-refractivity contribution in [3.63, 3.8) is 0 Å². The molecule has 0 aliphatic carbocycles. The molecular weight excluding hydrogens is 366 g/mol. The third-order valence-electron chi connectivity index (χ3n) is 4.69. The van der Waals surface area contributed by atoms with Crippen LogP contribution in [0.4, 0.5) is 5.82 Å². The van der Waals surface area contributed by atoms with Gasteiger partial charge >= 0.3 is 0 Å². The Balaban J connectivity index is 1.82. The fourth-order valence-electron chi connectivity index (χ4n) is 3.41. The van der Waals surface area contributed by atoms with E-state index in [9.17, 15) is 4.79 Å². The Hall–Kier alpha value is -2.99. The molecule has 27 heavy (non-hydrogen) atoms. The molecule has 0 unspecified atom stereocenters. The Morgan fingerprint density at radius 1 is 1.15 bits per heavy atom. The van der Waals surface area contributed by atoms with Crippen molar-refractivity contribution >= 4 is 23.3 Å². The van der Waals surface area contributed by atoms with E-state index < -0.39 is 0 Å². The first-order chi connectivity index (χ1) is 13.1. The zero-order valence-corrected chi connectivity index (χ0v) is 15.7. The molecule has 0 spiro atoms. The highest BCUT2D eigenvalue weighted by atomic mass is 35.5. The smallest absolute Gasteiger partial charge is 0.226 e. The summed E-state index contributed by atoms with van der Waals surface area (Å²) in [5, 5.41) is 8.03. The number of nitrogens with zero attached hydrogens (tertiary/aromatic N) is 2. The van der Waals surface area contributed by atoms with Crippen molar-refractivity contribution in [2.75, 3.05) is 19.5 Å². The summed E-state index contributed by atoms with van der Waals surface area (Å²) >= 11 is 6.11. The number of aromatic nitrogens is 2. The SMILES string of the molecule is COc1ccc([C@H]2CC(=O)Nc3c2cnn3-c2cccc(Cl)c2)c(OC)c1. The normalized spacial score (nSPS) is 15.8. The fraction of sp³-hybridized carbons (Fsp3) is 0.200. The highest BCUT2D eigenvalue weighted by Crippen LogP contribution is 2.42. The quantitative estimate of drug-likeness (QED) is 0.739. The summed E-state index contributed by atoms with van der Waals surface area (Å²) in [5.74, 6) is 1.79. The molecule has 138 valence electrons. The van der Waals surface area contributed by atoms with Gasteiger partial charge in [-0.3, -0.25) is 4.79 Å². The largest absolute Gasteiger partial charge is 0.497 e. The maximum Gasteiger partial charge on any atom is 0.226 e. The van der Waals surface area contributed by atoms with Crippen LogP contribution < -0.4 is 14.8 Å². The number of hydrogen-bond acceptors (Lipinski definition) is 4. The molecule has 0 radical (unpaired) electrons. The number of benzene rings is 2. The minimum absolute atomic E-state index is 0.0749. The van der Waals surface area contributed by atoms with Gasteiger partial charge in [0, 0.05) is 34.6 Å². The van der Waals surface area contributed by atoms with Gasteiger partial charge in [0.2, 0.25) is 5.91 Å². The van der Waals surface area contributed by atoms with Crippen molar-refractivity contribution in [1.82, 2.24) is 9.78 Å². The summed E-state index contributed by atoms with van der Waals surface area (Å²) in [7, 11) is 3.22. The highest BCUT2D eigenvalue weighted by molar-refractivity contribution is 6.30. The Morgan fingerprint density at radius 3 is 2.74 bits per heavy atom. The van der Waals surface area contributed by atoms with E-state index in [1.807, 2.05) is 30.3 Å². The second-order valence-electron chi connectivity index (χ2n) is 6.25. The number of halogens is 1. The van der Waals surface area contributed by atoms with Crippen LogP contribution in [0.2, 0.25) is 5.02 Å². The average molecular weight is 384 g/mol. The fourth-order valence-corrected chi connectivity index (χ4v) is 3.59. The molecule has 1 atom stereocenters. The Morgan fingerprint density at radius 2 is 2.00 bits per heavy atom. The van der Waals surface area contributed by atoms with E-state index in [0.29, 0.717) is 28.8 Å². The summed E-state index contributed by atoms with van der Waals surface area (Å²) in [6, 6.07) is 13.0. The number of carbonyl (C=O) groups excluding carboxylic acids is 1. The summed E-state index contributed by atoms with van der Waals surface area (Å²) in [6.07, 6.45) is 2.10. The van der Waals surface area contributed by atoms with Crippen LogP contribution in [0.25, 0.3) is 5.69 Å². The number of nitrogens with one attached hydrogen (secondary N) is 1. The molecule has 1 amide bonds. The first-order valence-corrected chi connectivity index (χ1v) is 8.84. The number of methoxy groups -OCH3 is 2. The van der Waals surface area contributed by atoms with Crippen molar-refractivity contribution in [2.45, 2.75) is 12.3 Å². The molecule has 1 aromatic heterocycles.